The topological polar surface area (TPSA) is 44.8 Å². The van der Waals surface area contributed by atoms with Crippen molar-refractivity contribution in [3.05, 3.63) is 0 Å². The highest BCUT2D eigenvalue weighted by Gasteiger charge is 2.40. The summed E-state index contributed by atoms with van der Waals surface area (Å²) in [7, 11) is 1.76. The van der Waals surface area contributed by atoms with Crippen molar-refractivity contribution >= 4 is 5.91 Å². The number of nitrogens with one attached hydrogen (secondary N) is 1. The standard InChI is InChI=1S/C14H27N3O2/c1-3-15-14(18)11-17-12-5-6-13(17)10-16(9-12)7-4-8-19-2/h12-13H,3-11H2,1-2H3,(H,15,18)/t12-,13?/m1/s1. The first-order chi connectivity index (χ1) is 9.24. The summed E-state index contributed by atoms with van der Waals surface area (Å²) in [5, 5.41) is 2.90. The second-order valence-corrected chi connectivity index (χ2v) is 5.62. The van der Waals surface area contributed by atoms with Crippen molar-refractivity contribution in [2.45, 2.75) is 38.3 Å². The van der Waals surface area contributed by atoms with E-state index in [1.54, 1.807) is 7.11 Å². The Kier molecular flexibility index (Phi) is 5.60. The van der Waals surface area contributed by atoms with Crippen LogP contribution in [0.5, 0.6) is 0 Å². The molecular weight excluding hydrogens is 242 g/mol. The van der Waals surface area contributed by atoms with Gasteiger partial charge in [0.1, 0.15) is 0 Å². The van der Waals surface area contributed by atoms with Crippen molar-refractivity contribution in [3.8, 4) is 0 Å². The normalized spacial score (nSPS) is 27.7. The zero-order valence-corrected chi connectivity index (χ0v) is 12.2. The predicted octanol–water partition coefficient (Wildman–Crippen LogP) is 0.308. The van der Waals surface area contributed by atoms with E-state index in [0.29, 0.717) is 18.6 Å². The van der Waals surface area contributed by atoms with Crippen molar-refractivity contribution in [2.24, 2.45) is 0 Å². The zero-order chi connectivity index (χ0) is 13.7. The molecule has 1 N–H and O–H groups in total. The average Bonchev–Trinajstić information content (AvgIpc) is 2.62. The summed E-state index contributed by atoms with van der Waals surface area (Å²) in [5.41, 5.74) is 0. The molecule has 5 heteroatoms. The molecule has 2 aliphatic heterocycles. The summed E-state index contributed by atoms with van der Waals surface area (Å²) in [6.45, 7) is 7.46. The van der Waals surface area contributed by atoms with E-state index in [0.717, 1.165) is 39.2 Å². The van der Waals surface area contributed by atoms with Gasteiger partial charge in [0, 0.05) is 52.0 Å². The number of ether oxygens (including phenoxy) is 1. The zero-order valence-electron chi connectivity index (χ0n) is 12.2. The number of carbonyl (C=O) groups excluding carboxylic acids is 1. The van der Waals surface area contributed by atoms with Crippen molar-refractivity contribution < 1.29 is 9.53 Å². The molecule has 0 aromatic carbocycles. The van der Waals surface area contributed by atoms with E-state index in [4.69, 9.17) is 4.74 Å². The van der Waals surface area contributed by atoms with E-state index in [1.807, 2.05) is 6.92 Å². The first-order valence-corrected chi connectivity index (χ1v) is 7.48. The summed E-state index contributed by atoms with van der Waals surface area (Å²) in [4.78, 5) is 16.7. The maximum atomic E-state index is 11.7. The Morgan fingerprint density at radius 3 is 2.58 bits per heavy atom. The van der Waals surface area contributed by atoms with Gasteiger partial charge in [-0.2, -0.15) is 0 Å². The summed E-state index contributed by atoms with van der Waals surface area (Å²) >= 11 is 0. The third kappa shape index (κ3) is 3.91. The second-order valence-electron chi connectivity index (χ2n) is 5.62. The Morgan fingerprint density at radius 1 is 1.32 bits per heavy atom. The molecule has 2 bridgehead atoms. The molecule has 2 rings (SSSR count). The van der Waals surface area contributed by atoms with E-state index in [1.165, 1.54) is 12.8 Å². The quantitative estimate of drug-likeness (QED) is 0.676. The Labute approximate surface area is 116 Å². The van der Waals surface area contributed by atoms with E-state index in [9.17, 15) is 4.79 Å². The lowest BCUT2D eigenvalue weighted by Crippen LogP contribution is -2.56. The molecule has 19 heavy (non-hydrogen) atoms. The van der Waals surface area contributed by atoms with E-state index >= 15 is 0 Å². The van der Waals surface area contributed by atoms with Gasteiger partial charge in [0.15, 0.2) is 0 Å². The molecule has 2 aliphatic rings. The number of carbonyl (C=O) groups is 1. The van der Waals surface area contributed by atoms with Crippen molar-refractivity contribution in [3.63, 3.8) is 0 Å². The Hall–Kier alpha value is -0.650. The smallest absolute Gasteiger partial charge is 0.234 e. The first kappa shape index (κ1) is 14.8. The van der Waals surface area contributed by atoms with Crippen LogP contribution in [-0.4, -0.2) is 74.2 Å². The summed E-state index contributed by atoms with van der Waals surface area (Å²) in [6, 6.07) is 1.15. The minimum absolute atomic E-state index is 0.173. The molecule has 0 aromatic heterocycles. The highest BCUT2D eigenvalue weighted by molar-refractivity contribution is 5.78. The van der Waals surface area contributed by atoms with Crippen LogP contribution in [0.15, 0.2) is 0 Å². The van der Waals surface area contributed by atoms with E-state index < -0.39 is 0 Å². The van der Waals surface area contributed by atoms with Gasteiger partial charge in [0.25, 0.3) is 0 Å². The fourth-order valence-corrected chi connectivity index (χ4v) is 3.37. The number of rotatable bonds is 7. The molecular formula is C14H27N3O2. The number of piperazine rings is 1. The number of hydrogen-bond donors (Lipinski definition) is 1. The van der Waals surface area contributed by atoms with Gasteiger partial charge in [0.05, 0.1) is 6.54 Å². The van der Waals surface area contributed by atoms with Crippen LogP contribution < -0.4 is 5.32 Å². The van der Waals surface area contributed by atoms with Crippen LogP contribution in [0.25, 0.3) is 0 Å². The number of likely N-dealkylation sites (N-methyl/N-ethyl adjacent to an activating group) is 1. The Morgan fingerprint density at radius 2 is 2.00 bits per heavy atom. The fourth-order valence-electron chi connectivity index (χ4n) is 3.37. The molecule has 5 nitrogen and oxygen atoms in total. The summed E-state index contributed by atoms with van der Waals surface area (Å²) in [5.74, 6) is 0.173. The molecule has 0 saturated carbocycles. The molecule has 1 unspecified atom stereocenters. The number of hydrogen-bond acceptors (Lipinski definition) is 4. The molecule has 2 saturated heterocycles. The third-order valence-electron chi connectivity index (χ3n) is 4.23. The van der Waals surface area contributed by atoms with Crippen LogP contribution in [0.2, 0.25) is 0 Å². The van der Waals surface area contributed by atoms with Gasteiger partial charge in [-0.3, -0.25) is 9.69 Å². The largest absolute Gasteiger partial charge is 0.385 e. The van der Waals surface area contributed by atoms with Crippen molar-refractivity contribution in [1.29, 1.82) is 0 Å². The summed E-state index contributed by atoms with van der Waals surface area (Å²) < 4.78 is 5.11. The van der Waals surface area contributed by atoms with Gasteiger partial charge >= 0.3 is 0 Å². The maximum absolute atomic E-state index is 11.7. The number of nitrogens with zero attached hydrogens (tertiary/aromatic N) is 2. The van der Waals surface area contributed by atoms with Gasteiger partial charge in [-0.15, -0.1) is 0 Å². The van der Waals surface area contributed by atoms with Crippen LogP contribution in [-0.2, 0) is 9.53 Å². The minimum Gasteiger partial charge on any atom is -0.385 e. The minimum atomic E-state index is 0.173. The number of likely N-dealkylation sites (tertiary alicyclic amines) is 1. The molecule has 1 amide bonds. The van der Waals surface area contributed by atoms with E-state index in [-0.39, 0.29) is 5.91 Å². The van der Waals surface area contributed by atoms with Crippen LogP contribution in [0, 0.1) is 0 Å². The Bertz CT molecular complexity index is 284. The fraction of sp³-hybridized carbons (Fsp3) is 0.929. The van der Waals surface area contributed by atoms with Crippen molar-refractivity contribution in [2.75, 3.05) is 46.4 Å². The molecule has 2 heterocycles. The average molecular weight is 269 g/mol. The maximum Gasteiger partial charge on any atom is 0.234 e. The summed E-state index contributed by atoms with van der Waals surface area (Å²) in [6.07, 6.45) is 3.59. The Balaban J connectivity index is 1.79. The molecule has 0 radical (unpaired) electrons. The highest BCUT2D eigenvalue weighted by atomic mass is 16.5. The second kappa shape index (κ2) is 7.22. The third-order valence-corrected chi connectivity index (χ3v) is 4.23. The molecule has 2 fully saturated rings. The lowest BCUT2D eigenvalue weighted by molar-refractivity contribution is -0.123. The van der Waals surface area contributed by atoms with Crippen LogP contribution in [0.4, 0.5) is 0 Å². The van der Waals surface area contributed by atoms with E-state index in [2.05, 4.69) is 15.1 Å². The number of amides is 1. The van der Waals surface area contributed by atoms with Gasteiger partial charge in [-0.1, -0.05) is 0 Å². The molecule has 110 valence electrons. The monoisotopic (exact) mass is 269 g/mol. The highest BCUT2D eigenvalue weighted by Crippen LogP contribution is 2.29. The molecule has 0 aliphatic carbocycles. The van der Waals surface area contributed by atoms with Gasteiger partial charge < -0.3 is 15.0 Å². The van der Waals surface area contributed by atoms with Crippen LogP contribution >= 0.6 is 0 Å². The molecule has 2 atom stereocenters. The van der Waals surface area contributed by atoms with Crippen molar-refractivity contribution in [1.82, 2.24) is 15.1 Å². The number of fused-ring (bicyclic) bond motifs is 2. The SMILES string of the molecule is CCNC(=O)CN1C2CC[C@@H]1CN(CCCOC)C2. The van der Waals surface area contributed by atoms with Gasteiger partial charge in [0.2, 0.25) is 5.91 Å². The van der Waals surface area contributed by atoms with Gasteiger partial charge in [-0.25, -0.2) is 0 Å². The predicted molar refractivity (Wildman–Crippen MR) is 75.1 cm³/mol. The lowest BCUT2D eigenvalue weighted by Gasteiger charge is -2.40. The molecule has 0 spiro atoms. The van der Waals surface area contributed by atoms with Crippen LogP contribution in [0.1, 0.15) is 26.2 Å². The molecule has 0 aromatic rings. The van der Waals surface area contributed by atoms with Gasteiger partial charge in [-0.05, 0) is 26.2 Å². The lowest BCUT2D eigenvalue weighted by atomic mass is 10.1. The van der Waals surface area contributed by atoms with Crippen LogP contribution in [0.3, 0.4) is 0 Å². The number of methoxy groups -OCH3 is 1. The first-order valence-electron chi connectivity index (χ1n) is 7.48.